The van der Waals surface area contributed by atoms with E-state index in [2.05, 4.69) is 34.1 Å². The number of phenols is 1. The van der Waals surface area contributed by atoms with E-state index >= 15 is 0 Å². The van der Waals surface area contributed by atoms with Crippen LogP contribution >= 0.6 is 0 Å². The second-order valence-electron chi connectivity index (χ2n) is 12.9. The predicted octanol–water partition coefficient (Wildman–Crippen LogP) is 2.24. The Hall–Kier alpha value is -5.22. The van der Waals surface area contributed by atoms with Gasteiger partial charge in [0.15, 0.2) is 25.4 Å². The van der Waals surface area contributed by atoms with Gasteiger partial charge in [-0.2, -0.15) is 47.2 Å². The summed E-state index contributed by atoms with van der Waals surface area (Å²) in [6.45, 7) is -1.86. The number of carbonyl (C=O) groups excluding carboxylic acids is 1. The van der Waals surface area contributed by atoms with E-state index in [0.717, 1.165) is 36.4 Å². The molecule has 0 bridgehead atoms. The zero-order valence-electron chi connectivity index (χ0n) is 32.5. The molecule has 0 heterocycles. The average Bonchev–Trinajstić information content (AvgIpc) is 3.14. The lowest BCUT2D eigenvalue weighted by Crippen LogP contribution is -2.19. The van der Waals surface area contributed by atoms with Crippen LogP contribution < -0.4 is 11.1 Å². The number of nitrogen functional groups attached to an aromatic ring is 1. The highest BCUT2D eigenvalue weighted by atomic mass is 32.3. The summed E-state index contributed by atoms with van der Waals surface area (Å²) in [7, 11) is -34.1. The van der Waals surface area contributed by atoms with Gasteiger partial charge in [-0.25, -0.2) is 25.2 Å². The molecule has 1 amide bonds. The van der Waals surface area contributed by atoms with Gasteiger partial charge >= 0.3 is 20.8 Å². The summed E-state index contributed by atoms with van der Waals surface area (Å²) in [5.74, 6) is -4.59. The summed E-state index contributed by atoms with van der Waals surface area (Å²) in [5.41, 5.74) is 1.78. The van der Waals surface area contributed by atoms with Gasteiger partial charge < -0.3 is 16.2 Å². The Labute approximate surface area is 374 Å². The number of rotatable bonds is 21. The Bertz CT molecular complexity index is 3460. The van der Waals surface area contributed by atoms with Gasteiger partial charge in [0.1, 0.15) is 31.7 Å². The van der Waals surface area contributed by atoms with Gasteiger partial charge in [-0.1, -0.05) is 0 Å². The standard InChI is InChI=1S/C30H32N6O23S7/c31-27-26-17(14-23(63(46,47)48)28(27)35-33-18-3-6-20(7-4-18)61(41,42)13-10-59-66(55,56)57)15-24(64(49,50)51)29(30(26)38)36-34-21-16-19(5-8-22(21)62(43,44)45)32-25(37)2-1-11-60(39,40)12-9-58-65(52,53)54/h3-8,14-16,38H,1-2,9-13,31H2,(H,32,37)(H,43,44,45)(H,46,47,48)(H,49,50,51)(H,52,53,54)(H,55,56,57). The number of nitrogens with two attached hydrogens (primary N) is 1. The molecule has 36 heteroatoms. The molecule has 4 rings (SSSR count). The Morgan fingerprint density at radius 2 is 1.12 bits per heavy atom. The summed E-state index contributed by atoms with van der Waals surface area (Å²) in [4.78, 5) is 8.67. The van der Waals surface area contributed by atoms with Crippen LogP contribution in [-0.2, 0) is 84.0 Å². The van der Waals surface area contributed by atoms with Crippen LogP contribution in [0.1, 0.15) is 12.8 Å². The molecule has 4 aromatic carbocycles. The molecular weight excluding hydrogens is 1040 g/mol. The van der Waals surface area contributed by atoms with Gasteiger partial charge in [0.2, 0.25) is 5.91 Å². The second-order valence-corrected chi connectivity index (χ2v) is 23.7. The van der Waals surface area contributed by atoms with Crippen LogP contribution in [0.5, 0.6) is 5.75 Å². The number of sulfone groups is 2. The van der Waals surface area contributed by atoms with Crippen molar-refractivity contribution in [1.82, 2.24) is 0 Å². The number of anilines is 2. The smallest absolute Gasteiger partial charge is 0.397 e. The summed E-state index contributed by atoms with van der Waals surface area (Å²) in [6.07, 6.45) is -0.841. The van der Waals surface area contributed by atoms with Gasteiger partial charge in [-0.05, 0) is 66.4 Å². The Morgan fingerprint density at radius 1 is 0.606 bits per heavy atom. The number of hydrogen-bond acceptors (Lipinski definition) is 23. The number of azo groups is 2. The molecule has 66 heavy (non-hydrogen) atoms. The summed E-state index contributed by atoms with van der Waals surface area (Å²) >= 11 is 0. The van der Waals surface area contributed by atoms with Crippen LogP contribution in [0, 0.1) is 0 Å². The molecule has 0 unspecified atom stereocenters. The van der Waals surface area contributed by atoms with Crippen LogP contribution in [0.3, 0.4) is 0 Å². The number of nitrogens with zero attached hydrogens (tertiary/aromatic N) is 4. The minimum atomic E-state index is -5.50. The van der Waals surface area contributed by atoms with Crippen molar-refractivity contribution >= 4 is 122 Å². The van der Waals surface area contributed by atoms with E-state index in [4.69, 9.17) is 14.8 Å². The van der Waals surface area contributed by atoms with Crippen molar-refractivity contribution in [3.05, 3.63) is 54.6 Å². The molecule has 0 aliphatic heterocycles. The monoisotopic (exact) mass is 1070 g/mol. The normalized spacial score (nSPS) is 13.5. The van der Waals surface area contributed by atoms with Crippen molar-refractivity contribution < 1.29 is 100.0 Å². The maximum Gasteiger partial charge on any atom is 0.397 e. The lowest BCUT2D eigenvalue weighted by atomic mass is 10.1. The molecule has 0 fully saturated rings. The topological polar surface area (TPSA) is 483 Å². The molecule has 0 saturated heterocycles. The quantitative estimate of drug-likeness (QED) is 0.0337. The van der Waals surface area contributed by atoms with Crippen molar-refractivity contribution in [2.24, 2.45) is 20.5 Å². The Kier molecular flexibility index (Phi) is 16.1. The molecule has 9 N–H and O–H groups in total. The zero-order chi connectivity index (χ0) is 49.8. The molecule has 4 aromatic rings. The fourth-order valence-electron chi connectivity index (χ4n) is 5.34. The van der Waals surface area contributed by atoms with Crippen LogP contribution in [0.4, 0.5) is 34.1 Å². The SMILES string of the molecule is Nc1c(N=Nc2ccc(S(=O)(=O)CCOS(=O)(=O)O)cc2)c(S(=O)(=O)O)cc2cc(S(=O)(=O)O)c(N=Nc3cc(NC(=O)CCCS(=O)(=O)CCOS(=O)(=O)O)ccc3S(=O)(=O)O)c(O)c12. The van der Waals surface area contributed by atoms with Crippen LogP contribution in [0.2, 0.25) is 0 Å². The third-order valence-electron chi connectivity index (χ3n) is 8.18. The van der Waals surface area contributed by atoms with E-state index < -0.39 is 172 Å². The van der Waals surface area contributed by atoms with Crippen LogP contribution in [0.15, 0.2) is 94.6 Å². The van der Waals surface area contributed by atoms with Gasteiger partial charge in [-0.15, -0.1) is 15.3 Å². The number of phenolic OH excluding ortho intramolecular Hbond substituents is 1. The molecule has 362 valence electrons. The number of benzene rings is 4. The molecule has 0 radical (unpaired) electrons. The molecule has 0 aliphatic rings. The van der Waals surface area contributed by atoms with Gasteiger partial charge in [0, 0.05) is 12.1 Å². The minimum absolute atomic E-state index is 0.215. The fourth-order valence-corrected chi connectivity index (χ4v) is 10.3. The highest BCUT2D eigenvalue weighted by Crippen LogP contribution is 2.48. The maximum absolute atomic E-state index is 12.6. The molecule has 29 nitrogen and oxygen atoms in total. The first-order chi connectivity index (χ1) is 30.1. The molecule has 0 saturated carbocycles. The number of hydrogen-bond donors (Lipinski definition) is 8. The molecular formula is C30H32N6O23S7. The molecule has 0 aromatic heterocycles. The lowest BCUT2D eigenvalue weighted by Gasteiger charge is -2.14. The first-order valence-electron chi connectivity index (χ1n) is 17.2. The van der Waals surface area contributed by atoms with E-state index in [0.29, 0.717) is 18.2 Å². The van der Waals surface area contributed by atoms with Crippen molar-refractivity contribution in [3.63, 3.8) is 0 Å². The minimum Gasteiger partial charge on any atom is -0.505 e. The van der Waals surface area contributed by atoms with E-state index in [1.807, 2.05) is 0 Å². The largest absolute Gasteiger partial charge is 0.505 e. The highest BCUT2D eigenvalue weighted by molar-refractivity contribution is 7.91. The molecule has 0 atom stereocenters. The van der Waals surface area contributed by atoms with E-state index in [1.54, 1.807) is 0 Å². The average molecular weight is 1070 g/mol. The molecule has 0 spiro atoms. The van der Waals surface area contributed by atoms with Crippen molar-refractivity contribution in [2.75, 3.05) is 41.5 Å². The van der Waals surface area contributed by atoms with Crippen molar-refractivity contribution in [3.8, 4) is 5.75 Å². The number of carbonyl (C=O) groups is 1. The van der Waals surface area contributed by atoms with Crippen LogP contribution in [0.25, 0.3) is 10.8 Å². The van der Waals surface area contributed by atoms with Crippen molar-refractivity contribution in [2.45, 2.75) is 32.4 Å². The predicted molar refractivity (Wildman–Crippen MR) is 224 cm³/mol. The summed E-state index contributed by atoms with van der Waals surface area (Å²) in [6, 6.07) is 7.34. The third kappa shape index (κ3) is 14.9. The number of fused-ring (bicyclic) bond motifs is 1. The Balaban J connectivity index is 1.75. The third-order valence-corrected chi connectivity index (χ3v) is 15.1. The first kappa shape index (κ1) is 53.4. The summed E-state index contributed by atoms with van der Waals surface area (Å²) < 4.78 is 222. The maximum atomic E-state index is 12.6. The van der Waals surface area contributed by atoms with E-state index in [-0.39, 0.29) is 17.8 Å². The van der Waals surface area contributed by atoms with Crippen molar-refractivity contribution in [1.29, 1.82) is 0 Å². The van der Waals surface area contributed by atoms with Gasteiger partial charge in [-0.3, -0.25) is 27.6 Å². The highest BCUT2D eigenvalue weighted by Gasteiger charge is 2.29. The van der Waals surface area contributed by atoms with E-state index in [1.165, 1.54) is 0 Å². The Morgan fingerprint density at radius 3 is 1.65 bits per heavy atom. The molecule has 0 aliphatic carbocycles. The second kappa shape index (κ2) is 19.9. The number of amides is 1. The van der Waals surface area contributed by atoms with E-state index in [9.17, 15) is 82.5 Å². The van der Waals surface area contributed by atoms with Gasteiger partial charge in [0.05, 0.1) is 52.1 Å². The number of nitrogens with one attached hydrogen (secondary N) is 1. The fraction of sp³-hybridized carbons (Fsp3) is 0.233. The first-order valence-corrected chi connectivity index (χ1v) is 27.7. The summed E-state index contributed by atoms with van der Waals surface area (Å²) in [5, 5.41) is 26.8. The van der Waals surface area contributed by atoms with Gasteiger partial charge in [0.25, 0.3) is 30.4 Å². The van der Waals surface area contributed by atoms with Crippen LogP contribution in [-0.4, -0.2) is 123 Å². The lowest BCUT2D eigenvalue weighted by molar-refractivity contribution is -0.116. The zero-order valence-corrected chi connectivity index (χ0v) is 38.2. The number of aromatic hydroxyl groups is 1.